The largest absolute Gasteiger partial charge is 0.345 e. The quantitative estimate of drug-likeness (QED) is 0.931. The molecule has 1 N–H and O–H groups in total. The Balaban J connectivity index is 1.93. The number of likely N-dealkylation sites (tertiary alicyclic amines) is 1. The van der Waals surface area contributed by atoms with E-state index in [-0.39, 0.29) is 23.6 Å². The van der Waals surface area contributed by atoms with E-state index in [1.54, 1.807) is 10.7 Å². The molecule has 0 aromatic carbocycles. The van der Waals surface area contributed by atoms with Gasteiger partial charge in [-0.2, -0.15) is 5.10 Å². The Morgan fingerprint density at radius 3 is 2.92 bits per heavy atom. The number of amides is 1. The number of aromatic nitrogens is 4. The first kappa shape index (κ1) is 16.4. The number of nitrogens with one attached hydrogen (secondary N) is 1. The Hall–Kier alpha value is -2.44. The first-order chi connectivity index (χ1) is 11.5. The average Bonchev–Trinajstić information content (AvgIpc) is 3.21. The molecule has 1 unspecified atom stereocenters. The van der Waals surface area contributed by atoms with E-state index in [4.69, 9.17) is 0 Å². The highest BCUT2D eigenvalue weighted by atomic mass is 16.2. The highest BCUT2D eigenvalue weighted by molar-refractivity contribution is 5.93. The van der Waals surface area contributed by atoms with Gasteiger partial charge in [0.25, 0.3) is 5.91 Å². The van der Waals surface area contributed by atoms with E-state index in [0.29, 0.717) is 18.8 Å². The fourth-order valence-corrected chi connectivity index (χ4v) is 3.19. The summed E-state index contributed by atoms with van der Waals surface area (Å²) in [5.41, 5.74) is 1.90. The van der Waals surface area contributed by atoms with Crippen molar-refractivity contribution in [2.75, 3.05) is 6.54 Å². The fraction of sp³-hybridized carbons (Fsp3) is 0.529. The topological polar surface area (TPSA) is 83.9 Å². The zero-order valence-corrected chi connectivity index (χ0v) is 14.3. The van der Waals surface area contributed by atoms with Crippen molar-refractivity contribution >= 4 is 5.91 Å². The van der Waals surface area contributed by atoms with Crippen molar-refractivity contribution in [2.45, 2.75) is 52.1 Å². The summed E-state index contributed by atoms with van der Waals surface area (Å²) in [6.45, 7) is 7.45. The summed E-state index contributed by atoms with van der Waals surface area (Å²) in [5, 5.41) is 4.53. The van der Waals surface area contributed by atoms with Crippen molar-refractivity contribution < 1.29 is 4.79 Å². The zero-order chi connectivity index (χ0) is 17.3. The summed E-state index contributed by atoms with van der Waals surface area (Å²) < 4.78 is 1.77. The Labute approximate surface area is 140 Å². The lowest BCUT2D eigenvalue weighted by Crippen LogP contribution is -2.33. The number of nitrogens with zero attached hydrogens (tertiary/aromatic N) is 4. The molecule has 7 heteroatoms. The van der Waals surface area contributed by atoms with Crippen LogP contribution in [0.5, 0.6) is 0 Å². The second kappa shape index (κ2) is 6.59. The van der Waals surface area contributed by atoms with Gasteiger partial charge in [-0.3, -0.25) is 9.48 Å². The first-order valence-electron chi connectivity index (χ1n) is 8.45. The predicted molar refractivity (Wildman–Crippen MR) is 89.9 cm³/mol. The fourth-order valence-electron chi connectivity index (χ4n) is 3.19. The van der Waals surface area contributed by atoms with Crippen molar-refractivity contribution in [1.82, 2.24) is 24.6 Å². The maximum atomic E-state index is 13.1. The Kier molecular flexibility index (Phi) is 4.51. The number of aromatic amines is 1. The van der Waals surface area contributed by atoms with Gasteiger partial charge in [-0.25, -0.2) is 9.78 Å². The van der Waals surface area contributed by atoms with Crippen LogP contribution in [-0.4, -0.2) is 37.1 Å². The van der Waals surface area contributed by atoms with E-state index in [9.17, 15) is 9.59 Å². The molecular formula is C17H23N5O2. The molecule has 0 spiro atoms. The molecule has 1 aliphatic heterocycles. The van der Waals surface area contributed by atoms with Crippen molar-refractivity contribution in [1.29, 1.82) is 0 Å². The number of hydrogen-bond acceptors (Lipinski definition) is 4. The van der Waals surface area contributed by atoms with Crippen LogP contribution in [0.2, 0.25) is 0 Å². The molecule has 0 aliphatic carbocycles. The van der Waals surface area contributed by atoms with Crippen molar-refractivity contribution in [3.05, 3.63) is 45.9 Å². The van der Waals surface area contributed by atoms with Gasteiger partial charge < -0.3 is 9.88 Å². The first-order valence-corrected chi connectivity index (χ1v) is 8.45. The smallest absolute Gasteiger partial charge is 0.329 e. The van der Waals surface area contributed by atoms with Gasteiger partial charge in [-0.1, -0.05) is 13.8 Å². The third kappa shape index (κ3) is 2.98. The third-order valence-electron chi connectivity index (χ3n) is 4.48. The van der Waals surface area contributed by atoms with Gasteiger partial charge in [0.05, 0.1) is 11.7 Å². The number of carbonyl (C=O) groups excluding carboxylic acids is 1. The second-order valence-electron chi connectivity index (χ2n) is 6.41. The Morgan fingerprint density at radius 1 is 1.46 bits per heavy atom. The summed E-state index contributed by atoms with van der Waals surface area (Å²) >= 11 is 0. The molecule has 1 amide bonds. The lowest BCUT2D eigenvalue weighted by molar-refractivity contribution is 0.0720. The Bertz CT molecular complexity index is 792. The van der Waals surface area contributed by atoms with E-state index < -0.39 is 0 Å². The average molecular weight is 329 g/mol. The molecule has 0 radical (unpaired) electrons. The highest BCUT2D eigenvalue weighted by Gasteiger charge is 2.33. The molecule has 24 heavy (non-hydrogen) atoms. The minimum absolute atomic E-state index is 0.0311. The van der Waals surface area contributed by atoms with Crippen LogP contribution >= 0.6 is 0 Å². The third-order valence-corrected chi connectivity index (χ3v) is 4.48. The maximum Gasteiger partial charge on any atom is 0.345 e. The van der Waals surface area contributed by atoms with Crippen LogP contribution in [0.3, 0.4) is 0 Å². The minimum Gasteiger partial charge on any atom is -0.329 e. The van der Waals surface area contributed by atoms with E-state index in [1.165, 1.54) is 6.20 Å². The summed E-state index contributed by atoms with van der Waals surface area (Å²) in [6.07, 6.45) is 3.24. The molecule has 3 rings (SSSR count). The van der Waals surface area contributed by atoms with Crippen LogP contribution in [0.25, 0.3) is 0 Å². The number of hydrogen-bond donors (Lipinski definition) is 1. The molecule has 1 atom stereocenters. The van der Waals surface area contributed by atoms with Gasteiger partial charge in [0.1, 0.15) is 5.69 Å². The molecule has 3 heterocycles. The van der Waals surface area contributed by atoms with Crippen LogP contribution in [-0.2, 0) is 6.54 Å². The van der Waals surface area contributed by atoms with E-state index in [1.807, 2.05) is 17.9 Å². The number of carbonyl (C=O) groups is 1. The van der Waals surface area contributed by atoms with Crippen molar-refractivity contribution in [3.63, 3.8) is 0 Å². The van der Waals surface area contributed by atoms with Gasteiger partial charge in [-0.15, -0.1) is 0 Å². The molecule has 1 aliphatic rings. The number of H-pyrrole nitrogens is 1. The van der Waals surface area contributed by atoms with Gasteiger partial charge in [0.2, 0.25) is 0 Å². The highest BCUT2D eigenvalue weighted by Crippen LogP contribution is 2.32. The SMILES string of the molecule is CCn1nc(C(C)C)cc1C(=O)N1CCCC1c1ccnc(=O)[nH]1. The molecule has 7 nitrogen and oxygen atoms in total. The van der Waals surface area contributed by atoms with Gasteiger partial charge in [0.15, 0.2) is 0 Å². The van der Waals surface area contributed by atoms with Crippen LogP contribution in [0.15, 0.2) is 23.1 Å². The maximum absolute atomic E-state index is 13.1. The molecule has 128 valence electrons. The summed E-state index contributed by atoms with van der Waals surface area (Å²) in [4.78, 5) is 32.8. The second-order valence-corrected chi connectivity index (χ2v) is 6.41. The molecule has 1 fully saturated rings. The van der Waals surface area contributed by atoms with Gasteiger partial charge >= 0.3 is 5.69 Å². The zero-order valence-electron chi connectivity index (χ0n) is 14.3. The molecule has 2 aromatic rings. The summed E-state index contributed by atoms with van der Waals surface area (Å²) in [6, 6.07) is 3.55. The van der Waals surface area contributed by atoms with E-state index >= 15 is 0 Å². The molecule has 1 saturated heterocycles. The van der Waals surface area contributed by atoms with Crippen LogP contribution in [0.1, 0.15) is 67.4 Å². The molecule has 0 saturated carbocycles. The Morgan fingerprint density at radius 2 is 2.25 bits per heavy atom. The van der Waals surface area contributed by atoms with Crippen LogP contribution in [0, 0.1) is 0 Å². The predicted octanol–water partition coefficient (Wildman–Crippen LogP) is 2.09. The van der Waals surface area contributed by atoms with E-state index in [2.05, 4.69) is 28.9 Å². The lowest BCUT2D eigenvalue weighted by atomic mass is 10.1. The molecular weight excluding hydrogens is 306 g/mol. The summed E-state index contributed by atoms with van der Waals surface area (Å²) in [5.74, 6) is 0.242. The minimum atomic E-state index is -0.382. The molecule has 0 bridgehead atoms. The number of aryl methyl sites for hydroxylation is 1. The van der Waals surface area contributed by atoms with E-state index in [0.717, 1.165) is 24.2 Å². The monoisotopic (exact) mass is 329 g/mol. The van der Waals surface area contributed by atoms with Crippen molar-refractivity contribution in [3.8, 4) is 0 Å². The van der Waals surface area contributed by atoms with Gasteiger partial charge in [0, 0.05) is 25.0 Å². The normalized spacial score (nSPS) is 17.7. The van der Waals surface area contributed by atoms with Crippen molar-refractivity contribution in [2.24, 2.45) is 0 Å². The standard InChI is InChI=1S/C17H23N5O2/c1-4-22-15(10-13(20-22)11(2)3)16(23)21-9-5-6-14(21)12-7-8-18-17(24)19-12/h7-8,10-11,14H,4-6,9H2,1-3H3,(H,18,19,24). The van der Waals surface area contributed by atoms with Crippen LogP contribution in [0.4, 0.5) is 0 Å². The number of rotatable bonds is 4. The van der Waals surface area contributed by atoms with Gasteiger partial charge in [-0.05, 0) is 37.8 Å². The lowest BCUT2D eigenvalue weighted by Gasteiger charge is -2.24. The summed E-state index contributed by atoms with van der Waals surface area (Å²) in [7, 11) is 0. The van der Waals surface area contributed by atoms with Crippen LogP contribution < -0.4 is 5.69 Å². The molecule has 2 aromatic heterocycles.